The third-order valence-corrected chi connectivity index (χ3v) is 1.91. The van der Waals surface area contributed by atoms with Crippen molar-refractivity contribution in [2.75, 3.05) is 5.32 Å². The van der Waals surface area contributed by atoms with E-state index in [1.165, 1.54) is 0 Å². The number of anilines is 1. The average molecular weight is 202 g/mol. The highest BCUT2D eigenvalue weighted by Gasteiger charge is 2.00. The lowest BCUT2D eigenvalue weighted by Gasteiger charge is -2.09. The number of nitrogens with one attached hydrogen (secondary N) is 1. The van der Waals surface area contributed by atoms with Gasteiger partial charge in [-0.1, -0.05) is 6.07 Å². The molecule has 2 aromatic heterocycles. The Balaban J connectivity index is 2.27. The summed E-state index contributed by atoms with van der Waals surface area (Å²) < 4.78 is 1.74. The van der Waals surface area contributed by atoms with Gasteiger partial charge in [-0.05, 0) is 32.0 Å². The molecular formula is C11H14N4. The zero-order valence-corrected chi connectivity index (χ0v) is 8.88. The van der Waals surface area contributed by atoms with Gasteiger partial charge in [0.1, 0.15) is 5.82 Å². The van der Waals surface area contributed by atoms with E-state index in [2.05, 4.69) is 29.2 Å². The van der Waals surface area contributed by atoms with Gasteiger partial charge in [-0.2, -0.15) is 5.10 Å². The Hall–Kier alpha value is -1.84. The molecule has 0 saturated heterocycles. The zero-order valence-electron chi connectivity index (χ0n) is 8.88. The molecule has 0 bridgehead atoms. The van der Waals surface area contributed by atoms with Crippen LogP contribution in [0.5, 0.6) is 0 Å². The van der Waals surface area contributed by atoms with Crippen LogP contribution >= 0.6 is 0 Å². The first kappa shape index (κ1) is 9.71. The van der Waals surface area contributed by atoms with Crippen LogP contribution in [0.2, 0.25) is 0 Å². The Labute approximate surface area is 89.0 Å². The maximum Gasteiger partial charge on any atom is 0.155 e. The van der Waals surface area contributed by atoms with E-state index in [-0.39, 0.29) is 0 Å². The molecule has 2 rings (SSSR count). The van der Waals surface area contributed by atoms with Crippen LogP contribution in [0.3, 0.4) is 0 Å². The topological polar surface area (TPSA) is 42.7 Å². The summed E-state index contributed by atoms with van der Waals surface area (Å²) in [7, 11) is 0. The van der Waals surface area contributed by atoms with Crippen LogP contribution in [0, 0.1) is 0 Å². The fraction of sp³-hybridized carbons (Fsp3) is 0.273. The van der Waals surface area contributed by atoms with Gasteiger partial charge in [-0.25, -0.2) is 9.67 Å². The molecule has 0 fully saturated rings. The molecule has 0 atom stereocenters. The van der Waals surface area contributed by atoms with Crippen molar-refractivity contribution in [2.24, 2.45) is 0 Å². The van der Waals surface area contributed by atoms with Gasteiger partial charge in [-0.3, -0.25) is 0 Å². The summed E-state index contributed by atoms with van der Waals surface area (Å²) in [5, 5.41) is 7.39. The van der Waals surface area contributed by atoms with Crippen LogP contribution in [0.4, 0.5) is 5.82 Å². The number of nitrogens with zero attached hydrogens (tertiary/aromatic N) is 3. The van der Waals surface area contributed by atoms with Crippen molar-refractivity contribution in [3.8, 4) is 5.82 Å². The standard InChI is InChI=1S/C11H14N4/c1-9(2)13-10-5-3-6-11(14-10)15-8-4-7-12-15/h3-9H,1-2H3,(H,13,14). The molecule has 0 amide bonds. The fourth-order valence-corrected chi connectivity index (χ4v) is 1.33. The Morgan fingerprint density at radius 3 is 2.80 bits per heavy atom. The summed E-state index contributed by atoms with van der Waals surface area (Å²) in [6, 6.07) is 8.11. The van der Waals surface area contributed by atoms with E-state index < -0.39 is 0 Å². The minimum Gasteiger partial charge on any atom is -0.368 e. The summed E-state index contributed by atoms with van der Waals surface area (Å²) >= 11 is 0. The van der Waals surface area contributed by atoms with Crippen LogP contribution in [-0.4, -0.2) is 20.8 Å². The number of pyridine rings is 1. The lowest BCUT2D eigenvalue weighted by Crippen LogP contribution is -2.11. The maximum atomic E-state index is 4.44. The smallest absolute Gasteiger partial charge is 0.155 e. The lowest BCUT2D eigenvalue weighted by atomic mass is 10.3. The van der Waals surface area contributed by atoms with Gasteiger partial charge in [-0.15, -0.1) is 0 Å². The second kappa shape index (κ2) is 4.13. The van der Waals surface area contributed by atoms with Gasteiger partial charge in [0.2, 0.25) is 0 Å². The molecule has 0 aliphatic heterocycles. The van der Waals surface area contributed by atoms with Crippen LogP contribution in [0.25, 0.3) is 5.82 Å². The van der Waals surface area contributed by atoms with Gasteiger partial charge in [0, 0.05) is 18.4 Å². The van der Waals surface area contributed by atoms with Crippen molar-refractivity contribution in [2.45, 2.75) is 19.9 Å². The molecule has 1 N–H and O–H groups in total. The predicted molar refractivity (Wildman–Crippen MR) is 60.1 cm³/mol. The second-order valence-electron chi connectivity index (χ2n) is 3.63. The third kappa shape index (κ3) is 2.34. The molecule has 4 nitrogen and oxygen atoms in total. The highest BCUT2D eigenvalue weighted by atomic mass is 15.3. The highest BCUT2D eigenvalue weighted by molar-refractivity contribution is 5.39. The van der Waals surface area contributed by atoms with Crippen molar-refractivity contribution >= 4 is 5.82 Å². The van der Waals surface area contributed by atoms with Crippen molar-refractivity contribution in [1.82, 2.24) is 14.8 Å². The second-order valence-corrected chi connectivity index (χ2v) is 3.63. The van der Waals surface area contributed by atoms with Gasteiger partial charge in [0.15, 0.2) is 5.82 Å². The first-order valence-electron chi connectivity index (χ1n) is 4.99. The first-order valence-corrected chi connectivity index (χ1v) is 4.99. The number of rotatable bonds is 3. The van der Waals surface area contributed by atoms with Crippen LogP contribution in [0.1, 0.15) is 13.8 Å². The van der Waals surface area contributed by atoms with E-state index in [0.717, 1.165) is 11.6 Å². The summed E-state index contributed by atoms with van der Waals surface area (Å²) in [5.74, 6) is 1.70. The van der Waals surface area contributed by atoms with Gasteiger partial charge >= 0.3 is 0 Å². The summed E-state index contributed by atoms with van der Waals surface area (Å²) in [4.78, 5) is 4.44. The predicted octanol–water partition coefficient (Wildman–Crippen LogP) is 2.09. The third-order valence-electron chi connectivity index (χ3n) is 1.91. The van der Waals surface area contributed by atoms with Crippen LogP contribution in [0.15, 0.2) is 36.7 Å². The van der Waals surface area contributed by atoms with Gasteiger partial charge < -0.3 is 5.32 Å². The monoisotopic (exact) mass is 202 g/mol. The molecule has 0 aliphatic rings. The Bertz CT molecular complexity index is 420. The summed E-state index contributed by atoms with van der Waals surface area (Å²) in [6.07, 6.45) is 3.62. The Morgan fingerprint density at radius 2 is 2.13 bits per heavy atom. The number of hydrogen-bond acceptors (Lipinski definition) is 3. The minimum atomic E-state index is 0.380. The Morgan fingerprint density at radius 1 is 1.27 bits per heavy atom. The van der Waals surface area contributed by atoms with E-state index >= 15 is 0 Å². The molecule has 2 aromatic rings. The normalized spacial score (nSPS) is 10.6. The molecule has 2 heterocycles. The van der Waals surface area contributed by atoms with Crippen molar-refractivity contribution in [3.63, 3.8) is 0 Å². The highest BCUT2D eigenvalue weighted by Crippen LogP contribution is 2.09. The van der Waals surface area contributed by atoms with E-state index in [9.17, 15) is 0 Å². The fourth-order valence-electron chi connectivity index (χ4n) is 1.33. The van der Waals surface area contributed by atoms with Crippen molar-refractivity contribution in [1.29, 1.82) is 0 Å². The van der Waals surface area contributed by atoms with E-state index in [0.29, 0.717) is 6.04 Å². The van der Waals surface area contributed by atoms with Crippen LogP contribution in [-0.2, 0) is 0 Å². The molecule has 0 saturated carbocycles. The van der Waals surface area contributed by atoms with Crippen molar-refractivity contribution < 1.29 is 0 Å². The minimum absolute atomic E-state index is 0.380. The molecule has 0 aliphatic carbocycles. The molecule has 78 valence electrons. The number of aromatic nitrogens is 3. The average Bonchev–Trinajstić information content (AvgIpc) is 2.69. The SMILES string of the molecule is CC(C)Nc1cccc(-n2cccn2)n1. The van der Waals surface area contributed by atoms with Gasteiger partial charge in [0.05, 0.1) is 0 Å². The van der Waals surface area contributed by atoms with E-state index in [1.807, 2.05) is 30.5 Å². The molecule has 4 heteroatoms. The molecule has 0 unspecified atom stereocenters. The summed E-state index contributed by atoms with van der Waals surface area (Å²) in [6.45, 7) is 4.17. The zero-order chi connectivity index (χ0) is 10.7. The maximum absolute atomic E-state index is 4.44. The molecule has 15 heavy (non-hydrogen) atoms. The Kier molecular flexibility index (Phi) is 2.67. The summed E-state index contributed by atoms with van der Waals surface area (Å²) in [5.41, 5.74) is 0. The number of hydrogen-bond donors (Lipinski definition) is 1. The lowest BCUT2D eigenvalue weighted by molar-refractivity contribution is 0.836. The first-order chi connectivity index (χ1) is 7.25. The van der Waals surface area contributed by atoms with E-state index in [4.69, 9.17) is 0 Å². The largest absolute Gasteiger partial charge is 0.368 e. The molecule has 0 radical (unpaired) electrons. The van der Waals surface area contributed by atoms with Crippen LogP contribution < -0.4 is 5.32 Å². The quantitative estimate of drug-likeness (QED) is 0.828. The molecular weight excluding hydrogens is 188 g/mol. The molecule has 0 spiro atoms. The molecule has 0 aromatic carbocycles. The van der Waals surface area contributed by atoms with Crippen molar-refractivity contribution in [3.05, 3.63) is 36.7 Å². The van der Waals surface area contributed by atoms with E-state index in [1.54, 1.807) is 10.9 Å². The van der Waals surface area contributed by atoms with Gasteiger partial charge in [0.25, 0.3) is 0 Å².